The van der Waals surface area contributed by atoms with Gasteiger partial charge in [0.2, 0.25) is 0 Å². The van der Waals surface area contributed by atoms with Gasteiger partial charge in [-0.3, -0.25) is 0 Å². The Balaban J connectivity index is 3.80. The third-order valence-corrected chi connectivity index (χ3v) is 1.36. The predicted molar refractivity (Wildman–Crippen MR) is 34.8 cm³/mol. The lowest BCUT2D eigenvalue weighted by Crippen LogP contribution is -2.39. The van der Waals surface area contributed by atoms with E-state index in [9.17, 15) is 4.79 Å². The molecule has 0 aliphatic heterocycles. The standard InChI is InChI=1S/C5H9ClO4/c6-1-3(8)5(10)4(9)2-7/h2-5,8-10H,1H2/t3-,4+,5+/m1/s1. The fourth-order valence-electron chi connectivity index (χ4n) is 0.399. The van der Waals surface area contributed by atoms with Crippen molar-refractivity contribution in [2.45, 2.75) is 18.3 Å². The second-order valence-corrected chi connectivity index (χ2v) is 2.15. The third-order valence-electron chi connectivity index (χ3n) is 1.04. The molecule has 3 atom stereocenters. The zero-order valence-electron chi connectivity index (χ0n) is 5.14. The average Bonchev–Trinajstić information content (AvgIpc) is 2.00. The van der Waals surface area contributed by atoms with Crippen molar-refractivity contribution in [3.63, 3.8) is 0 Å². The van der Waals surface area contributed by atoms with E-state index in [0.717, 1.165) is 0 Å². The van der Waals surface area contributed by atoms with Crippen LogP contribution in [-0.4, -0.2) is 45.8 Å². The number of carbonyl (C=O) groups excluding carboxylic acids is 1. The quantitative estimate of drug-likeness (QED) is 0.353. The molecule has 5 heteroatoms. The number of halogens is 1. The van der Waals surface area contributed by atoms with Crippen LogP contribution in [0.2, 0.25) is 0 Å². The Kier molecular flexibility index (Phi) is 4.55. The molecule has 0 rings (SSSR count). The highest BCUT2D eigenvalue weighted by Crippen LogP contribution is 1.99. The first-order chi connectivity index (χ1) is 4.63. The molecule has 0 aromatic carbocycles. The Morgan fingerprint density at radius 2 is 1.90 bits per heavy atom. The first-order valence-corrected chi connectivity index (χ1v) is 3.22. The van der Waals surface area contributed by atoms with Crippen LogP contribution in [0, 0.1) is 0 Å². The summed E-state index contributed by atoms with van der Waals surface area (Å²) < 4.78 is 0. The van der Waals surface area contributed by atoms with Crippen molar-refractivity contribution in [2.75, 3.05) is 5.88 Å². The fourth-order valence-corrected chi connectivity index (χ4v) is 0.582. The minimum Gasteiger partial charge on any atom is -0.389 e. The fraction of sp³-hybridized carbons (Fsp3) is 0.800. The number of rotatable bonds is 4. The Morgan fingerprint density at radius 1 is 1.40 bits per heavy atom. The summed E-state index contributed by atoms with van der Waals surface area (Å²) in [6, 6.07) is 0. The molecular formula is C5H9ClO4. The zero-order chi connectivity index (χ0) is 8.15. The summed E-state index contributed by atoms with van der Waals surface area (Å²) in [5.41, 5.74) is 0. The number of aliphatic hydroxyl groups excluding tert-OH is 3. The van der Waals surface area contributed by atoms with Crippen LogP contribution in [0.4, 0.5) is 0 Å². The molecule has 0 aromatic rings. The lowest BCUT2D eigenvalue weighted by Gasteiger charge is -2.16. The molecule has 0 unspecified atom stereocenters. The predicted octanol–water partition coefficient (Wildman–Crippen LogP) is -1.49. The first kappa shape index (κ1) is 9.84. The van der Waals surface area contributed by atoms with Gasteiger partial charge in [-0.25, -0.2) is 0 Å². The van der Waals surface area contributed by atoms with Gasteiger partial charge in [-0.1, -0.05) is 0 Å². The maximum absolute atomic E-state index is 9.80. The van der Waals surface area contributed by atoms with Crippen molar-refractivity contribution >= 4 is 17.9 Å². The van der Waals surface area contributed by atoms with E-state index < -0.39 is 18.3 Å². The third kappa shape index (κ3) is 2.62. The van der Waals surface area contributed by atoms with E-state index in [1.807, 2.05) is 0 Å². The lowest BCUT2D eigenvalue weighted by molar-refractivity contribution is -0.124. The van der Waals surface area contributed by atoms with Crippen LogP contribution in [0.25, 0.3) is 0 Å². The maximum Gasteiger partial charge on any atom is 0.151 e. The maximum atomic E-state index is 9.80. The summed E-state index contributed by atoms with van der Waals surface area (Å²) in [5, 5.41) is 26.1. The molecule has 0 bridgehead atoms. The molecule has 0 aromatic heterocycles. The van der Waals surface area contributed by atoms with Gasteiger partial charge in [0.25, 0.3) is 0 Å². The van der Waals surface area contributed by atoms with Crippen molar-refractivity contribution < 1.29 is 20.1 Å². The molecule has 10 heavy (non-hydrogen) atoms. The number of alkyl halides is 1. The second-order valence-electron chi connectivity index (χ2n) is 1.84. The van der Waals surface area contributed by atoms with E-state index in [1.165, 1.54) is 0 Å². The van der Waals surface area contributed by atoms with Gasteiger partial charge in [0.15, 0.2) is 6.29 Å². The van der Waals surface area contributed by atoms with Crippen LogP contribution in [0.1, 0.15) is 0 Å². The van der Waals surface area contributed by atoms with E-state index >= 15 is 0 Å². The van der Waals surface area contributed by atoms with Gasteiger partial charge in [0.1, 0.15) is 12.2 Å². The topological polar surface area (TPSA) is 77.8 Å². The molecule has 0 aliphatic carbocycles. The molecule has 0 saturated heterocycles. The minimum atomic E-state index is -1.56. The highest BCUT2D eigenvalue weighted by molar-refractivity contribution is 6.18. The van der Waals surface area contributed by atoms with E-state index in [2.05, 4.69) is 0 Å². The zero-order valence-corrected chi connectivity index (χ0v) is 5.90. The van der Waals surface area contributed by atoms with Crippen LogP contribution < -0.4 is 0 Å². The molecule has 0 fully saturated rings. The number of hydrogen-bond acceptors (Lipinski definition) is 4. The number of aliphatic hydroxyl groups is 3. The molecule has 0 radical (unpaired) electrons. The molecule has 0 saturated carbocycles. The molecule has 4 nitrogen and oxygen atoms in total. The van der Waals surface area contributed by atoms with Gasteiger partial charge in [0.05, 0.1) is 12.0 Å². The van der Waals surface area contributed by atoms with Crippen molar-refractivity contribution in [3.8, 4) is 0 Å². The van der Waals surface area contributed by atoms with Crippen LogP contribution in [0.5, 0.6) is 0 Å². The van der Waals surface area contributed by atoms with Crippen LogP contribution in [0.3, 0.4) is 0 Å². The summed E-state index contributed by atoms with van der Waals surface area (Å²) in [4.78, 5) is 9.80. The highest BCUT2D eigenvalue weighted by atomic mass is 35.5. The van der Waals surface area contributed by atoms with Gasteiger partial charge in [0, 0.05) is 0 Å². The molecule has 0 heterocycles. The van der Waals surface area contributed by atoms with Gasteiger partial charge in [-0.05, 0) is 0 Å². The van der Waals surface area contributed by atoms with Crippen LogP contribution in [-0.2, 0) is 4.79 Å². The Hall–Kier alpha value is -0.160. The van der Waals surface area contributed by atoms with Gasteiger partial charge in [-0.2, -0.15) is 0 Å². The number of aldehydes is 1. The Bertz CT molecular complexity index is 108. The normalized spacial score (nSPS) is 19.6. The van der Waals surface area contributed by atoms with E-state index in [0.29, 0.717) is 0 Å². The van der Waals surface area contributed by atoms with Gasteiger partial charge >= 0.3 is 0 Å². The minimum absolute atomic E-state index is 0.139. The highest BCUT2D eigenvalue weighted by Gasteiger charge is 2.22. The number of hydrogen-bond donors (Lipinski definition) is 3. The van der Waals surface area contributed by atoms with Crippen molar-refractivity contribution in [1.29, 1.82) is 0 Å². The van der Waals surface area contributed by atoms with E-state index in [-0.39, 0.29) is 12.2 Å². The molecule has 3 N–H and O–H groups in total. The van der Waals surface area contributed by atoms with E-state index in [1.54, 1.807) is 0 Å². The second kappa shape index (κ2) is 4.62. The largest absolute Gasteiger partial charge is 0.389 e. The molecule has 0 aliphatic rings. The van der Waals surface area contributed by atoms with Crippen molar-refractivity contribution in [3.05, 3.63) is 0 Å². The molecule has 60 valence electrons. The average molecular weight is 169 g/mol. The monoisotopic (exact) mass is 168 g/mol. The molecule has 0 amide bonds. The van der Waals surface area contributed by atoms with Crippen molar-refractivity contribution in [1.82, 2.24) is 0 Å². The summed E-state index contributed by atoms with van der Waals surface area (Å²) in [6.45, 7) is 0. The van der Waals surface area contributed by atoms with E-state index in [4.69, 9.17) is 26.9 Å². The van der Waals surface area contributed by atoms with Gasteiger partial charge < -0.3 is 20.1 Å². The SMILES string of the molecule is O=C[C@H](O)[C@@H](O)[C@H](O)CCl. The lowest BCUT2D eigenvalue weighted by atomic mass is 10.1. The first-order valence-electron chi connectivity index (χ1n) is 2.69. The summed E-state index contributed by atoms with van der Waals surface area (Å²) in [6.07, 6.45) is -4.17. The van der Waals surface area contributed by atoms with Crippen molar-refractivity contribution in [2.24, 2.45) is 0 Å². The summed E-state index contributed by atoms with van der Waals surface area (Å²) in [7, 11) is 0. The Morgan fingerprint density at radius 3 is 2.20 bits per heavy atom. The Labute approximate surface area is 63.0 Å². The smallest absolute Gasteiger partial charge is 0.151 e. The summed E-state index contributed by atoms with van der Waals surface area (Å²) >= 11 is 5.11. The number of carbonyl (C=O) groups is 1. The van der Waals surface area contributed by atoms with Gasteiger partial charge in [-0.15, -0.1) is 11.6 Å². The van der Waals surface area contributed by atoms with Crippen LogP contribution >= 0.6 is 11.6 Å². The molecule has 0 spiro atoms. The van der Waals surface area contributed by atoms with Crippen LogP contribution in [0.15, 0.2) is 0 Å². The summed E-state index contributed by atoms with van der Waals surface area (Å²) in [5.74, 6) is -0.216. The molecular weight excluding hydrogens is 160 g/mol.